The van der Waals surface area contributed by atoms with E-state index in [0.717, 1.165) is 10.0 Å². The highest BCUT2D eigenvalue weighted by molar-refractivity contribution is 9.10. The van der Waals surface area contributed by atoms with Gasteiger partial charge in [-0.3, -0.25) is 0 Å². The van der Waals surface area contributed by atoms with Crippen LogP contribution in [0, 0.1) is 0 Å². The zero-order valence-corrected chi connectivity index (χ0v) is 12.1. The van der Waals surface area contributed by atoms with Crippen molar-refractivity contribution >= 4 is 27.5 Å². The molecule has 18 heavy (non-hydrogen) atoms. The summed E-state index contributed by atoms with van der Waals surface area (Å²) in [4.78, 5) is 4.23. The molecule has 0 amide bonds. The van der Waals surface area contributed by atoms with Crippen molar-refractivity contribution in [3.8, 4) is 11.6 Å². The topological polar surface area (TPSA) is 34.2 Å². The second kappa shape index (κ2) is 6.18. The summed E-state index contributed by atoms with van der Waals surface area (Å²) in [5.41, 5.74) is 0.982. The lowest BCUT2D eigenvalue weighted by Crippen LogP contribution is -2.07. The molecule has 2 aromatic rings. The van der Waals surface area contributed by atoms with E-state index in [1.165, 1.54) is 0 Å². The number of ether oxygens (including phenoxy) is 1. The van der Waals surface area contributed by atoms with Crippen molar-refractivity contribution < 1.29 is 4.74 Å². The molecule has 0 saturated carbocycles. The molecule has 0 atom stereocenters. The minimum Gasteiger partial charge on any atom is -0.437 e. The summed E-state index contributed by atoms with van der Waals surface area (Å²) >= 11 is 9.47. The number of nitrogens with one attached hydrogen (secondary N) is 1. The van der Waals surface area contributed by atoms with Gasteiger partial charge >= 0.3 is 0 Å². The SMILES string of the molecule is CNCc1cccnc1Oc1cc(Br)ccc1Cl. The Bertz CT molecular complexity index is 548. The highest BCUT2D eigenvalue weighted by Gasteiger charge is 2.08. The van der Waals surface area contributed by atoms with Gasteiger partial charge in [0.15, 0.2) is 0 Å². The molecule has 0 radical (unpaired) electrons. The molecule has 0 aliphatic carbocycles. The Labute approximate surface area is 119 Å². The van der Waals surface area contributed by atoms with Crippen LogP contribution >= 0.6 is 27.5 Å². The van der Waals surface area contributed by atoms with Gasteiger partial charge in [0.25, 0.3) is 0 Å². The Balaban J connectivity index is 2.30. The number of hydrogen-bond acceptors (Lipinski definition) is 3. The maximum atomic E-state index is 6.09. The Morgan fingerprint density at radius 3 is 3.00 bits per heavy atom. The summed E-state index contributed by atoms with van der Waals surface area (Å²) < 4.78 is 6.67. The molecule has 1 aromatic carbocycles. The van der Waals surface area contributed by atoms with Gasteiger partial charge in [-0.25, -0.2) is 4.98 Å². The summed E-state index contributed by atoms with van der Waals surface area (Å²) in [5.74, 6) is 1.15. The van der Waals surface area contributed by atoms with Crippen LogP contribution in [0.4, 0.5) is 0 Å². The van der Waals surface area contributed by atoms with Crippen LogP contribution in [0.3, 0.4) is 0 Å². The van der Waals surface area contributed by atoms with E-state index in [-0.39, 0.29) is 0 Å². The second-order valence-corrected chi connectivity index (χ2v) is 5.00. The summed E-state index contributed by atoms with van der Waals surface area (Å²) in [6, 6.07) is 9.30. The quantitative estimate of drug-likeness (QED) is 0.921. The first-order chi connectivity index (χ1) is 8.70. The van der Waals surface area contributed by atoms with E-state index in [9.17, 15) is 0 Å². The molecule has 0 saturated heterocycles. The van der Waals surface area contributed by atoms with Crippen LogP contribution in [-0.2, 0) is 6.54 Å². The van der Waals surface area contributed by atoms with E-state index in [4.69, 9.17) is 16.3 Å². The summed E-state index contributed by atoms with van der Waals surface area (Å²) in [6.45, 7) is 0.689. The average Bonchev–Trinajstić information content (AvgIpc) is 2.36. The van der Waals surface area contributed by atoms with Gasteiger partial charge in [0, 0.05) is 22.8 Å². The molecule has 2 rings (SSSR count). The van der Waals surface area contributed by atoms with Gasteiger partial charge in [-0.05, 0) is 31.3 Å². The minimum absolute atomic E-state index is 0.555. The lowest BCUT2D eigenvalue weighted by Gasteiger charge is -2.10. The molecule has 0 spiro atoms. The highest BCUT2D eigenvalue weighted by atomic mass is 79.9. The summed E-state index contributed by atoms with van der Waals surface area (Å²) in [5, 5.41) is 3.63. The van der Waals surface area contributed by atoms with E-state index in [1.54, 1.807) is 12.3 Å². The Hall–Kier alpha value is -1.10. The zero-order chi connectivity index (χ0) is 13.0. The van der Waals surface area contributed by atoms with Crippen molar-refractivity contribution in [2.75, 3.05) is 7.05 Å². The van der Waals surface area contributed by atoms with Gasteiger partial charge in [-0.15, -0.1) is 0 Å². The molecule has 5 heteroatoms. The van der Waals surface area contributed by atoms with Crippen LogP contribution in [0.5, 0.6) is 11.6 Å². The van der Waals surface area contributed by atoms with Gasteiger partial charge in [-0.2, -0.15) is 0 Å². The molecule has 0 aliphatic heterocycles. The molecule has 0 aliphatic rings. The van der Waals surface area contributed by atoms with Crippen LogP contribution in [-0.4, -0.2) is 12.0 Å². The lowest BCUT2D eigenvalue weighted by atomic mass is 10.2. The molecule has 0 fully saturated rings. The van der Waals surface area contributed by atoms with Gasteiger partial charge < -0.3 is 10.1 Å². The van der Waals surface area contributed by atoms with E-state index >= 15 is 0 Å². The van der Waals surface area contributed by atoms with Crippen molar-refractivity contribution in [1.29, 1.82) is 0 Å². The fraction of sp³-hybridized carbons (Fsp3) is 0.154. The number of halogens is 2. The first kappa shape index (κ1) is 13.3. The fourth-order valence-corrected chi connectivity index (χ4v) is 2.00. The molecular formula is C13H12BrClN2O. The first-order valence-corrected chi connectivity index (χ1v) is 6.59. The predicted molar refractivity (Wildman–Crippen MR) is 76.2 cm³/mol. The molecule has 1 N–H and O–H groups in total. The maximum Gasteiger partial charge on any atom is 0.223 e. The largest absolute Gasteiger partial charge is 0.437 e. The van der Waals surface area contributed by atoms with Crippen molar-refractivity contribution in [2.24, 2.45) is 0 Å². The number of rotatable bonds is 4. The number of hydrogen-bond donors (Lipinski definition) is 1. The van der Waals surface area contributed by atoms with Gasteiger partial charge in [0.05, 0.1) is 5.02 Å². The highest BCUT2D eigenvalue weighted by Crippen LogP contribution is 2.32. The van der Waals surface area contributed by atoms with Crippen molar-refractivity contribution in [3.05, 3.63) is 51.6 Å². The van der Waals surface area contributed by atoms with E-state index < -0.39 is 0 Å². The van der Waals surface area contributed by atoms with E-state index in [0.29, 0.717) is 23.2 Å². The van der Waals surface area contributed by atoms with Crippen molar-refractivity contribution in [2.45, 2.75) is 6.54 Å². The third-order valence-electron chi connectivity index (χ3n) is 2.32. The molecule has 1 heterocycles. The summed E-state index contributed by atoms with van der Waals surface area (Å²) in [6.07, 6.45) is 1.69. The zero-order valence-electron chi connectivity index (χ0n) is 9.78. The molecule has 3 nitrogen and oxygen atoms in total. The van der Waals surface area contributed by atoms with Crippen molar-refractivity contribution in [1.82, 2.24) is 10.3 Å². The predicted octanol–water partition coefficient (Wildman–Crippen LogP) is 4.01. The van der Waals surface area contributed by atoms with Crippen LogP contribution in [0.15, 0.2) is 41.0 Å². The number of aromatic nitrogens is 1. The van der Waals surface area contributed by atoms with Crippen LogP contribution in [0.2, 0.25) is 5.02 Å². The normalized spacial score (nSPS) is 10.4. The van der Waals surface area contributed by atoms with E-state index in [1.807, 2.05) is 31.3 Å². The van der Waals surface area contributed by atoms with Gasteiger partial charge in [-0.1, -0.05) is 33.6 Å². The van der Waals surface area contributed by atoms with Crippen LogP contribution in [0.25, 0.3) is 0 Å². The van der Waals surface area contributed by atoms with E-state index in [2.05, 4.69) is 26.2 Å². The number of pyridine rings is 1. The van der Waals surface area contributed by atoms with Gasteiger partial charge in [0.1, 0.15) is 5.75 Å². The standard InChI is InChI=1S/C13H12BrClN2O/c1-16-8-9-3-2-6-17-13(9)18-12-7-10(14)4-5-11(12)15/h2-7,16H,8H2,1H3. The number of benzene rings is 1. The Morgan fingerprint density at radius 2 is 2.22 bits per heavy atom. The first-order valence-electron chi connectivity index (χ1n) is 5.42. The third kappa shape index (κ3) is 3.22. The smallest absolute Gasteiger partial charge is 0.223 e. The average molecular weight is 328 g/mol. The second-order valence-electron chi connectivity index (χ2n) is 3.67. The maximum absolute atomic E-state index is 6.09. The third-order valence-corrected chi connectivity index (χ3v) is 3.12. The molecular weight excluding hydrogens is 316 g/mol. The lowest BCUT2D eigenvalue weighted by molar-refractivity contribution is 0.454. The van der Waals surface area contributed by atoms with Gasteiger partial charge in [0.2, 0.25) is 5.88 Å². The van der Waals surface area contributed by atoms with Crippen LogP contribution in [0.1, 0.15) is 5.56 Å². The molecule has 0 bridgehead atoms. The fourth-order valence-electron chi connectivity index (χ4n) is 1.50. The van der Waals surface area contributed by atoms with Crippen LogP contribution < -0.4 is 10.1 Å². The molecule has 94 valence electrons. The monoisotopic (exact) mass is 326 g/mol. The van der Waals surface area contributed by atoms with Crippen molar-refractivity contribution in [3.63, 3.8) is 0 Å². The number of nitrogens with zero attached hydrogens (tertiary/aromatic N) is 1. The molecule has 1 aromatic heterocycles. The Kier molecular flexibility index (Phi) is 4.58. The molecule has 0 unspecified atom stereocenters. The minimum atomic E-state index is 0.555. The summed E-state index contributed by atoms with van der Waals surface area (Å²) in [7, 11) is 1.88. The Morgan fingerprint density at radius 1 is 1.39 bits per heavy atom.